The molecule has 0 unspecified atom stereocenters. The van der Waals surface area contributed by atoms with E-state index in [4.69, 9.17) is 5.73 Å². The highest BCUT2D eigenvalue weighted by molar-refractivity contribution is 7.89. The van der Waals surface area contributed by atoms with Gasteiger partial charge in [0.05, 0.1) is 4.90 Å². The van der Waals surface area contributed by atoms with Crippen LogP contribution in [-0.4, -0.2) is 14.0 Å². The number of rotatable bonds is 4. The van der Waals surface area contributed by atoms with Gasteiger partial charge in [0.25, 0.3) is 0 Å². The van der Waals surface area contributed by atoms with Crippen LogP contribution in [0.1, 0.15) is 38.2 Å². The van der Waals surface area contributed by atoms with E-state index in [-0.39, 0.29) is 5.54 Å². The van der Waals surface area contributed by atoms with Crippen LogP contribution in [0.3, 0.4) is 0 Å². The largest absolute Gasteiger partial charge is 0.398 e. The molecule has 0 aromatic heterocycles. The van der Waals surface area contributed by atoms with E-state index in [1.165, 1.54) is 0 Å². The molecule has 0 saturated heterocycles. The Morgan fingerprint density at radius 2 is 2.06 bits per heavy atom. The van der Waals surface area contributed by atoms with Gasteiger partial charge >= 0.3 is 0 Å². The lowest BCUT2D eigenvalue weighted by Crippen LogP contribution is -2.52. The zero-order chi connectivity index (χ0) is 13.4. The molecule has 1 aliphatic carbocycles. The molecule has 1 fully saturated rings. The van der Waals surface area contributed by atoms with Crippen LogP contribution in [-0.2, 0) is 10.0 Å². The number of hydrogen-bond donors (Lipinski definition) is 2. The van der Waals surface area contributed by atoms with Gasteiger partial charge in [-0.05, 0) is 50.3 Å². The fraction of sp³-hybridized carbons (Fsp3) is 0.538. The average molecular weight is 268 g/mol. The van der Waals surface area contributed by atoms with Crippen LogP contribution >= 0.6 is 0 Å². The molecule has 100 valence electrons. The summed E-state index contributed by atoms with van der Waals surface area (Å²) in [6.45, 7) is 3.76. The molecule has 4 nitrogen and oxygen atoms in total. The summed E-state index contributed by atoms with van der Waals surface area (Å²) >= 11 is 0. The monoisotopic (exact) mass is 268 g/mol. The highest BCUT2D eigenvalue weighted by atomic mass is 32.2. The predicted octanol–water partition coefficient (Wildman–Crippen LogP) is 2.19. The second-order valence-electron chi connectivity index (χ2n) is 5.06. The average Bonchev–Trinajstić information content (AvgIpc) is 2.27. The Balaban J connectivity index is 2.34. The second kappa shape index (κ2) is 4.55. The van der Waals surface area contributed by atoms with E-state index in [0.717, 1.165) is 25.7 Å². The van der Waals surface area contributed by atoms with Crippen LogP contribution in [0.2, 0.25) is 0 Å². The summed E-state index contributed by atoms with van der Waals surface area (Å²) in [6, 6.07) is 5.00. The topological polar surface area (TPSA) is 72.2 Å². The van der Waals surface area contributed by atoms with E-state index in [9.17, 15) is 8.42 Å². The zero-order valence-electron chi connectivity index (χ0n) is 10.9. The highest BCUT2D eigenvalue weighted by Gasteiger charge is 2.39. The van der Waals surface area contributed by atoms with E-state index in [2.05, 4.69) is 4.72 Å². The molecule has 18 heavy (non-hydrogen) atoms. The Hall–Kier alpha value is -1.07. The molecule has 5 heteroatoms. The molecule has 0 bridgehead atoms. The highest BCUT2D eigenvalue weighted by Crippen LogP contribution is 2.36. The fourth-order valence-electron chi connectivity index (χ4n) is 2.39. The van der Waals surface area contributed by atoms with Crippen molar-refractivity contribution < 1.29 is 8.42 Å². The number of nitrogen functional groups attached to an aromatic ring is 1. The van der Waals surface area contributed by atoms with Crippen molar-refractivity contribution in [2.45, 2.75) is 50.0 Å². The molecule has 0 atom stereocenters. The van der Waals surface area contributed by atoms with Crippen LogP contribution in [0.4, 0.5) is 5.69 Å². The maximum absolute atomic E-state index is 12.4. The smallest absolute Gasteiger partial charge is 0.241 e. The van der Waals surface area contributed by atoms with Crippen LogP contribution in [0.5, 0.6) is 0 Å². The maximum Gasteiger partial charge on any atom is 0.241 e. The first-order chi connectivity index (χ1) is 8.40. The fourth-order valence-corrected chi connectivity index (χ4v) is 4.20. The lowest BCUT2D eigenvalue weighted by molar-refractivity contribution is 0.214. The minimum atomic E-state index is -3.47. The zero-order valence-corrected chi connectivity index (χ0v) is 11.7. The van der Waals surface area contributed by atoms with E-state index in [0.29, 0.717) is 16.1 Å². The first-order valence-corrected chi connectivity index (χ1v) is 7.78. The molecule has 2 rings (SSSR count). The molecule has 0 amide bonds. The van der Waals surface area contributed by atoms with E-state index in [1.54, 1.807) is 25.1 Å². The number of benzene rings is 1. The van der Waals surface area contributed by atoms with Crippen LogP contribution in [0.15, 0.2) is 23.1 Å². The summed E-state index contributed by atoms with van der Waals surface area (Å²) in [7, 11) is -3.47. The Labute approximate surface area is 109 Å². The third-order valence-electron chi connectivity index (χ3n) is 3.95. The van der Waals surface area contributed by atoms with Crippen molar-refractivity contribution in [3.63, 3.8) is 0 Å². The number of hydrogen-bond acceptors (Lipinski definition) is 3. The number of sulfonamides is 1. The van der Waals surface area contributed by atoms with Crippen molar-refractivity contribution in [2.75, 3.05) is 5.73 Å². The van der Waals surface area contributed by atoms with Gasteiger partial charge in [-0.1, -0.05) is 13.0 Å². The molecule has 1 aromatic carbocycles. The Morgan fingerprint density at radius 3 is 2.56 bits per heavy atom. The van der Waals surface area contributed by atoms with Gasteiger partial charge in [-0.25, -0.2) is 13.1 Å². The molecule has 1 aliphatic rings. The first-order valence-electron chi connectivity index (χ1n) is 6.29. The van der Waals surface area contributed by atoms with Gasteiger partial charge < -0.3 is 5.73 Å². The van der Waals surface area contributed by atoms with Crippen molar-refractivity contribution in [3.05, 3.63) is 23.8 Å². The minimum absolute atomic E-state index is 0.240. The molecule has 0 aliphatic heterocycles. The standard InChI is InChI=1S/C13H20N2O2S/c1-3-13(8-5-9-13)15-18(16,17)12-7-4-6-11(14)10(12)2/h4,6-7,15H,3,5,8-9,14H2,1-2H3. The summed E-state index contributed by atoms with van der Waals surface area (Å²) in [4.78, 5) is 0.294. The lowest BCUT2D eigenvalue weighted by Gasteiger charge is -2.41. The molecule has 3 N–H and O–H groups in total. The van der Waals surface area contributed by atoms with Crippen molar-refractivity contribution in [2.24, 2.45) is 0 Å². The lowest BCUT2D eigenvalue weighted by atomic mass is 9.76. The SMILES string of the molecule is CCC1(NS(=O)(=O)c2cccc(N)c2C)CCC1. The van der Waals surface area contributed by atoms with E-state index < -0.39 is 10.0 Å². The molecule has 1 aromatic rings. The summed E-state index contributed by atoms with van der Waals surface area (Å²) in [5, 5.41) is 0. The van der Waals surface area contributed by atoms with Gasteiger partial charge in [-0.2, -0.15) is 0 Å². The van der Waals surface area contributed by atoms with E-state index >= 15 is 0 Å². The first kappa shape index (κ1) is 13.4. The maximum atomic E-state index is 12.4. The third-order valence-corrected chi connectivity index (χ3v) is 5.68. The second-order valence-corrected chi connectivity index (χ2v) is 6.71. The normalized spacial score (nSPS) is 18.3. The molecule has 0 heterocycles. The van der Waals surface area contributed by atoms with Crippen LogP contribution < -0.4 is 10.5 Å². The van der Waals surface area contributed by atoms with E-state index in [1.807, 2.05) is 6.92 Å². The van der Waals surface area contributed by atoms with Crippen LogP contribution in [0, 0.1) is 6.92 Å². The minimum Gasteiger partial charge on any atom is -0.398 e. The summed E-state index contributed by atoms with van der Waals surface area (Å²) in [5.41, 5.74) is 6.66. The Morgan fingerprint density at radius 1 is 1.39 bits per heavy atom. The van der Waals surface area contributed by atoms with Gasteiger partial charge in [-0.3, -0.25) is 0 Å². The van der Waals surface area contributed by atoms with Gasteiger partial charge in [0, 0.05) is 11.2 Å². The van der Waals surface area contributed by atoms with Crippen molar-refractivity contribution >= 4 is 15.7 Å². The number of nitrogens with two attached hydrogens (primary N) is 1. The van der Waals surface area contributed by atoms with Gasteiger partial charge in [0.2, 0.25) is 10.0 Å². The predicted molar refractivity (Wildman–Crippen MR) is 72.8 cm³/mol. The Bertz CT molecular complexity index is 543. The third kappa shape index (κ3) is 2.24. The van der Waals surface area contributed by atoms with Crippen molar-refractivity contribution in [3.8, 4) is 0 Å². The van der Waals surface area contributed by atoms with Gasteiger partial charge in [0.15, 0.2) is 0 Å². The molecule has 0 spiro atoms. The van der Waals surface area contributed by atoms with Crippen molar-refractivity contribution in [1.82, 2.24) is 4.72 Å². The summed E-state index contributed by atoms with van der Waals surface area (Å²) in [6.07, 6.45) is 3.76. The van der Waals surface area contributed by atoms with Gasteiger partial charge in [0.1, 0.15) is 0 Å². The van der Waals surface area contributed by atoms with Gasteiger partial charge in [-0.15, -0.1) is 0 Å². The van der Waals surface area contributed by atoms with Crippen LogP contribution in [0.25, 0.3) is 0 Å². The quantitative estimate of drug-likeness (QED) is 0.822. The molecular weight excluding hydrogens is 248 g/mol. The van der Waals surface area contributed by atoms with Crippen molar-refractivity contribution in [1.29, 1.82) is 0 Å². The number of anilines is 1. The Kier molecular flexibility index (Phi) is 3.38. The molecule has 0 radical (unpaired) electrons. The summed E-state index contributed by atoms with van der Waals surface area (Å²) < 4.78 is 27.7. The number of nitrogens with one attached hydrogen (secondary N) is 1. The summed E-state index contributed by atoms with van der Waals surface area (Å²) in [5.74, 6) is 0. The molecular formula is C13H20N2O2S. The molecule has 1 saturated carbocycles.